The maximum atomic E-state index is 12.8. The predicted octanol–water partition coefficient (Wildman–Crippen LogP) is 2.75. The van der Waals surface area contributed by atoms with Crippen molar-refractivity contribution in [2.45, 2.75) is 38.0 Å². The number of hydrogen-bond acceptors (Lipinski definition) is 4. The lowest BCUT2D eigenvalue weighted by atomic mass is 9.96. The number of halogens is 1. The lowest BCUT2D eigenvalue weighted by Crippen LogP contribution is -2.41. The molecule has 1 saturated heterocycles. The predicted molar refractivity (Wildman–Crippen MR) is 103 cm³/mol. The Hall–Kier alpha value is -1.11. The number of piperidine rings is 1. The van der Waals surface area contributed by atoms with Crippen LogP contribution in [0.15, 0.2) is 29.2 Å². The van der Waals surface area contributed by atoms with Gasteiger partial charge in [0, 0.05) is 13.1 Å². The van der Waals surface area contributed by atoms with Gasteiger partial charge in [0.25, 0.3) is 5.91 Å². The fraction of sp³-hybridized carbons (Fsp3) is 0.611. The van der Waals surface area contributed by atoms with Gasteiger partial charge < -0.3 is 10.2 Å². The zero-order valence-corrected chi connectivity index (χ0v) is 16.7. The standard InChI is InChI=1S/C18H28N2O3S.ClH/c1-3-13-24(22,23)17-8-6-5-7-16(17)18(21)20-11-9-15(10-12-20)14-19-4-2;/h5-8,15,19H,3-4,9-14H2,1-2H3;1H. The van der Waals surface area contributed by atoms with Crippen molar-refractivity contribution in [1.82, 2.24) is 10.2 Å². The Morgan fingerprint density at radius 2 is 1.84 bits per heavy atom. The van der Waals surface area contributed by atoms with Crippen LogP contribution >= 0.6 is 12.4 Å². The lowest BCUT2D eigenvalue weighted by Gasteiger charge is -2.32. The Morgan fingerprint density at radius 3 is 2.44 bits per heavy atom. The van der Waals surface area contributed by atoms with Crippen LogP contribution in [0.25, 0.3) is 0 Å². The highest BCUT2D eigenvalue weighted by Gasteiger charge is 2.27. The monoisotopic (exact) mass is 388 g/mol. The molecule has 7 heteroatoms. The molecule has 1 fully saturated rings. The topological polar surface area (TPSA) is 66.5 Å². The van der Waals surface area contributed by atoms with E-state index in [0.29, 0.717) is 31.0 Å². The fourth-order valence-corrected chi connectivity index (χ4v) is 4.69. The average Bonchev–Trinajstić information content (AvgIpc) is 2.60. The number of likely N-dealkylation sites (tertiary alicyclic amines) is 1. The Bertz CT molecular complexity index is 656. The van der Waals surface area contributed by atoms with Gasteiger partial charge in [-0.1, -0.05) is 26.0 Å². The van der Waals surface area contributed by atoms with Crippen molar-refractivity contribution in [3.8, 4) is 0 Å². The molecule has 0 aliphatic carbocycles. The first kappa shape index (κ1) is 21.9. The van der Waals surface area contributed by atoms with Crippen molar-refractivity contribution in [3.05, 3.63) is 29.8 Å². The summed E-state index contributed by atoms with van der Waals surface area (Å²) in [6.07, 6.45) is 2.46. The number of amides is 1. The van der Waals surface area contributed by atoms with Gasteiger partial charge >= 0.3 is 0 Å². The first-order valence-electron chi connectivity index (χ1n) is 8.81. The van der Waals surface area contributed by atoms with E-state index in [2.05, 4.69) is 12.2 Å². The molecule has 25 heavy (non-hydrogen) atoms. The lowest BCUT2D eigenvalue weighted by molar-refractivity contribution is 0.0686. The fourth-order valence-electron chi connectivity index (χ4n) is 3.15. The molecule has 1 amide bonds. The van der Waals surface area contributed by atoms with E-state index in [1.54, 1.807) is 29.2 Å². The summed E-state index contributed by atoms with van der Waals surface area (Å²) >= 11 is 0. The van der Waals surface area contributed by atoms with Crippen LogP contribution in [0.5, 0.6) is 0 Å². The van der Waals surface area contributed by atoms with Crippen LogP contribution in [0.1, 0.15) is 43.5 Å². The molecule has 142 valence electrons. The molecule has 5 nitrogen and oxygen atoms in total. The molecule has 0 atom stereocenters. The van der Waals surface area contributed by atoms with Crippen molar-refractivity contribution in [2.75, 3.05) is 31.9 Å². The number of nitrogens with zero attached hydrogens (tertiary/aromatic N) is 1. The minimum atomic E-state index is -3.40. The van der Waals surface area contributed by atoms with Gasteiger partial charge in [0.15, 0.2) is 9.84 Å². The van der Waals surface area contributed by atoms with Gasteiger partial charge in [0.05, 0.1) is 16.2 Å². The van der Waals surface area contributed by atoms with E-state index in [0.717, 1.165) is 25.9 Å². The summed E-state index contributed by atoms with van der Waals surface area (Å²) in [6, 6.07) is 6.60. The number of hydrogen-bond donors (Lipinski definition) is 1. The number of nitrogens with one attached hydrogen (secondary N) is 1. The number of sulfone groups is 1. The van der Waals surface area contributed by atoms with Crippen molar-refractivity contribution >= 4 is 28.2 Å². The molecule has 0 spiro atoms. The highest BCUT2D eigenvalue weighted by Crippen LogP contribution is 2.23. The molecular formula is C18H29ClN2O3S. The van der Waals surface area contributed by atoms with Crippen molar-refractivity contribution in [2.24, 2.45) is 5.92 Å². The molecule has 0 unspecified atom stereocenters. The maximum absolute atomic E-state index is 12.8. The molecule has 0 bridgehead atoms. The van der Waals surface area contributed by atoms with E-state index >= 15 is 0 Å². The summed E-state index contributed by atoms with van der Waals surface area (Å²) in [5, 5.41) is 3.35. The third-order valence-electron chi connectivity index (χ3n) is 4.51. The van der Waals surface area contributed by atoms with Gasteiger partial charge in [-0.2, -0.15) is 0 Å². The molecule has 2 rings (SSSR count). The van der Waals surface area contributed by atoms with Crippen LogP contribution in [0, 0.1) is 5.92 Å². The van der Waals surface area contributed by atoms with Gasteiger partial charge in [-0.05, 0) is 50.4 Å². The summed E-state index contributed by atoms with van der Waals surface area (Å²) in [5.74, 6) is 0.502. The number of carbonyl (C=O) groups is 1. The Kier molecular flexibility index (Phi) is 8.89. The van der Waals surface area contributed by atoms with Gasteiger partial charge in [-0.25, -0.2) is 8.42 Å². The van der Waals surface area contributed by atoms with E-state index in [9.17, 15) is 13.2 Å². The highest BCUT2D eigenvalue weighted by molar-refractivity contribution is 7.91. The summed E-state index contributed by atoms with van der Waals surface area (Å²) in [4.78, 5) is 14.8. The van der Waals surface area contributed by atoms with Gasteiger partial charge in [-0.3, -0.25) is 4.79 Å². The number of carbonyl (C=O) groups excluding carboxylic acids is 1. The Labute approximate surface area is 157 Å². The third-order valence-corrected chi connectivity index (χ3v) is 6.48. The summed E-state index contributed by atoms with van der Waals surface area (Å²) in [7, 11) is -3.40. The van der Waals surface area contributed by atoms with Crippen LogP contribution in [0.4, 0.5) is 0 Å². The molecular weight excluding hydrogens is 360 g/mol. The van der Waals surface area contributed by atoms with Crippen LogP contribution in [0.3, 0.4) is 0 Å². The van der Waals surface area contributed by atoms with Crippen molar-refractivity contribution < 1.29 is 13.2 Å². The first-order valence-corrected chi connectivity index (χ1v) is 10.5. The minimum Gasteiger partial charge on any atom is -0.339 e. The Morgan fingerprint density at radius 1 is 1.20 bits per heavy atom. The minimum absolute atomic E-state index is 0. The second-order valence-corrected chi connectivity index (χ2v) is 8.44. The van der Waals surface area contributed by atoms with Crippen LogP contribution in [-0.2, 0) is 9.84 Å². The van der Waals surface area contributed by atoms with Crippen LogP contribution in [-0.4, -0.2) is 51.2 Å². The van der Waals surface area contributed by atoms with E-state index < -0.39 is 9.84 Å². The first-order chi connectivity index (χ1) is 11.5. The largest absolute Gasteiger partial charge is 0.339 e. The molecule has 1 aliphatic heterocycles. The van der Waals surface area contributed by atoms with E-state index in [4.69, 9.17) is 0 Å². The zero-order valence-electron chi connectivity index (χ0n) is 15.0. The zero-order chi connectivity index (χ0) is 17.6. The number of rotatable bonds is 7. The van der Waals surface area contributed by atoms with Crippen molar-refractivity contribution in [1.29, 1.82) is 0 Å². The van der Waals surface area contributed by atoms with Crippen LogP contribution < -0.4 is 5.32 Å². The molecule has 1 N–H and O–H groups in total. The third kappa shape index (κ3) is 5.69. The van der Waals surface area contributed by atoms with E-state index in [1.807, 2.05) is 6.92 Å². The molecule has 0 aromatic heterocycles. The Balaban J connectivity index is 0.00000312. The van der Waals surface area contributed by atoms with Crippen LogP contribution in [0.2, 0.25) is 0 Å². The van der Waals surface area contributed by atoms with E-state index in [-0.39, 0.29) is 29.0 Å². The summed E-state index contributed by atoms with van der Waals surface area (Å²) < 4.78 is 24.9. The SMILES string of the molecule is CCCS(=O)(=O)c1ccccc1C(=O)N1CCC(CNCC)CC1.Cl. The smallest absolute Gasteiger partial charge is 0.255 e. The number of benzene rings is 1. The van der Waals surface area contributed by atoms with E-state index in [1.165, 1.54) is 0 Å². The molecule has 0 saturated carbocycles. The van der Waals surface area contributed by atoms with Gasteiger partial charge in [0.2, 0.25) is 0 Å². The molecule has 1 aliphatic rings. The van der Waals surface area contributed by atoms with Gasteiger partial charge in [-0.15, -0.1) is 12.4 Å². The molecule has 0 radical (unpaired) electrons. The molecule has 1 aromatic carbocycles. The molecule has 1 aromatic rings. The summed E-state index contributed by atoms with van der Waals surface area (Å²) in [5.41, 5.74) is 0.316. The second-order valence-electron chi connectivity index (χ2n) is 6.36. The maximum Gasteiger partial charge on any atom is 0.255 e. The average molecular weight is 389 g/mol. The highest BCUT2D eigenvalue weighted by atomic mass is 35.5. The van der Waals surface area contributed by atoms with Gasteiger partial charge in [0.1, 0.15) is 0 Å². The van der Waals surface area contributed by atoms with Crippen molar-refractivity contribution in [3.63, 3.8) is 0 Å². The second kappa shape index (κ2) is 10.1. The molecule has 1 heterocycles. The normalized spacial score (nSPS) is 15.7. The quantitative estimate of drug-likeness (QED) is 0.779. The summed E-state index contributed by atoms with van der Waals surface area (Å²) in [6.45, 7) is 7.25.